The minimum absolute atomic E-state index is 0.0542. The first-order valence-corrected chi connectivity index (χ1v) is 10.7. The lowest BCUT2D eigenvalue weighted by atomic mass is 10.1. The van der Waals surface area contributed by atoms with E-state index in [1.165, 1.54) is 0 Å². The summed E-state index contributed by atoms with van der Waals surface area (Å²) in [6.07, 6.45) is 4.07. The summed E-state index contributed by atoms with van der Waals surface area (Å²) in [5.74, 6) is 0.531. The Kier molecular flexibility index (Phi) is 6.58. The highest BCUT2D eigenvalue weighted by Crippen LogP contribution is 2.34. The molecule has 1 N–H and O–H groups in total. The number of nitrogens with zero attached hydrogens (tertiary/aromatic N) is 4. The fourth-order valence-electron chi connectivity index (χ4n) is 3.37. The number of carbonyl (C=O) groups is 1. The first kappa shape index (κ1) is 23.0. The highest BCUT2D eigenvalue weighted by Gasteiger charge is 2.20. The minimum Gasteiger partial charge on any atom is -0.481 e. The molecule has 0 spiro atoms. The van der Waals surface area contributed by atoms with Gasteiger partial charge in [0.25, 0.3) is 11.6 Å². The average molecular weight is 464 g/mol. The molecule has 3 aromatic heterocycles. The van der Waals surface area contributed by atoms with Crippen molar-refractivity contribution in [3.05, 3.63) is 47.3 Å². The van der Waals surface area contributed by atoms with E-state index in [-0.39, 0.29) is 17.6 Å². The van der Waals surface area contributed by atoms with Crippen LogP contribution in [0.1, 0.15) is 30.0 Å². The van der Waals surface area contributed by atoms with Gasteiger partial charge in [0, 0.05) is 11.8 Å². The van der Waals surface area contributed by atoms with Crippen molar-refractivity contribution in [2.45, 2.75) is 34.1 Å². The molecule has 10 heteroatoms. The molecule has 4 rings (SSSR count). The number of aromatic nitrogens is 4. The third kappa shape index (κ3) is 5.06. The van der Waals surface area contributed by atoms with Crippen LogP contribution in [0.3, 0.4) is 0 Å². The molecule has 0 aliphatic carbocycles. The lowest BCUT2D eigenvalue weighted by Gasteiger charge is -2.11. The van der Waals surface area contributed by atoms with Gasteiger partial charge in [-0.2, -0.15) is 9.97 Å². The van der Waals surface area contributed by atoms with Crippen LogP contribution in [0.25, 0.3) is 22.7 Å². The SMILES string of the molecule is CCCOc1nc(Oc2cncc(C)c2)nc2oc(-c3cc(C)c(OCC(=O)O)c(C)c3)nc12. The summed E-state index contributed by atoms with van der Waals surface area (Å²) in [4.78, 5) is 28.3. The number of ether oxygens (including phenoxy) is 3. The predicted molar refractivity (Wildman–Crippen MR) is 122 cm³/mol. The Morgan fingerprint density at radius 2 is 1.79 bits per heavy atom. The Hall–Kier alpha value is -4.21. The van der Waals surface area contributed by atoms with Crippen LogP contribution in [-0.4, -0.2) is 44.2 Å². The molecular weight excluding hydrogens is 440 g/mol. The van der Waals surface area contributed by atoms with Crippen molar-refractivity contribution in [2.24, 2.45) is 0 Å². The van der Waals surface area contributed by atoms with Gasteiger partial charge in [0.2, 0.25) is 5.89 Å². The summed E-state index contributed by atoms with van der Waals surface area (Å²) in [6.45, 7) is 7.57. The zero-order valence-corrected chi connectivity index (χ0v) is 19.3. The maximum atomic E-state index is 10.9. The van der Waals surface area contributed by atoms with Gasteiger partial charge in [-0.25, -0.2) is 9.78 Å². The molecule has 4 aromatic rings. The molecule has 10 nitrogen and oxygen atoms in total. The maximum Gasteiger partial charge on any atom is 0.341 e. The standard InChI is InChI=1S/C24H24N4O6/c1-5-6-31-22-19-23(28-24(27-22)33-17-7-13(2)10-25-11-17)34-21(26-19)16-8-14(3)20(15(4)9-16)32-12-18(29)30/h7-11H,5-6,12H2,1-4H3,(H,29,30). The summed E-state index contributed by atoms with van der Waals surface area (Å²) in [5.41, 5.74) is 3.71. The summed E-state index contributed by atoms with van der Waals surface area (Å²) >= 11 is 0. The monoisotopic (exact) mass is 464 g/mol. The van der Waals surface area contributed by atoms with Gasteiger partial charge in [0.05, 0.1) is 12.8 Å². The molecule has 0 aliphatic heterocycles. The quantitative estimate of drug-likeness (QED) is 0.373. The van der Waals surface area contributed by atoms with Gasteiger partial charge in [-0.15, -0.1) is 0 Å². The van der Waals surface area contributed by atoms with Gasteiger partial charge in [-0.3, -0.25) is 4.98 Å². The van der Waals surface area contributed by atoms with E-state index in [0.717, 1.165) is 23.1 Å². The average Bonchev–Trinajstić information content (AvgIpc) is 3.21. The molecular formula is C24H24N4O6. The Morgan fingerprint density at radius 1 is 1.03 bits per heavy atom. The van der Waals surface area contributed by atoms with Crippen LogP contribution >= 0.6 is 0 Å². The van der Waals surface area contributed by atoms with Crippen LogP contribution < -0.4 is 14.2 Å². The molecule has 0 aliphatic rings. The number of fused-ring (bicyclic) bond motifs is 1. The van der Waals surface area contributed by atoms with Gasteiger partial charge >= 0.3 is 12.0 Å². The number of hydrogen-bond donors (Lipinski definition) is 1. The maximum absolute atomic E-state index is 10.9. The van der Waals surface area contributed by atoms with E-state index in [0.29, 0.717) is 35.1 Å². The summed E-state index contributed by atoms with van der Waals surface area (Å²) < 4.78 is 22.9. The molecule has 0 saturated heterocycles. The number of aryl methyl sites for hydroxylation is 3. The van der Waals surface area contributed by atoms with E-state index in [1.807, 2.05) is 45.9 Å². The fraction of sp³-hybridized carbons (Fsp3) is 0.292. The molecule has 0 saturated carbocycles. The van der Waals surface area contributed by atoms with Crippen molar-refractivity contribution in [3.63, 3.8) is 0 Å². The van der Waals surface area contributed by atoms with Gasteiger partial charge in [-0.1, -0.05) is 6.92 Å². The zero-order chi connectivity index (χ0) is 24.2. The second kappa shape index (κ2) is 9.74. The number of oxazole rings is 1. The van der Waals surface area contributed by atoms with E-state index in [9.17, 15) is 4.79 Å². The Balaban J connectivity index is 1.72. The molecule has 0 radical (unpaired) electrons. The van der Waals surface area contributed by atoms with Crippen molar-refractivity contribution >= 4 is 17.2 Å². The number of benzene rings is 1. The Labute approximate surface area is 195 Å². The second-order valence-corrected chi connectivity index (χ2v) is 7.75. The smallest absolute Gasteiger partial charge is 0.341 e. The van der Waals surface area contributed by atoms with Crippen LogP contribution in [0.15, 0.2) is 35.0 Å². The molecule has 0 atom stereocenters. The summed E-state index contributed by atoms with van der Waals surface area (Å²) in [6, 6.07) is 5.49. The van der Waals surface area contributed by atoms with Crippen molar-refractivity contribution in [1.29, 1.82) is 0 Å². The topological polar surface area (TPSA) is 130 Å². The highest BCUT2D eigenvalue weighted by molar-refractivity contribution is 5.78. The lowest BCUT2D eigenvalue weighted by Crippen LogP contribution is -2.10. The van der Waals surface area contributed by atoms with Gasteiger partial charge in [0.15, 0.2) is 12.1 Å². The van der Waals surface area contributed by atoms with Crippen LogP contribution in [0.2, 0.25) is 0 Å². The molecule has 0 bridgehead atoms. The van der Waals surface area contributed by atoms with Crippen molar-refractivity contribution in [2.75, 3.05) is 13.2 Å². The minimum atomic E-state index is -1.04. The third-order valence-corrected chi connectivity index (χ3v) is 4.76. The van der Waals surface area contributed by atoms with E-state index >= 15 is 0 Å². The zero-order valence-electron chi connectivity index (χ0n) is 19.3. The highest BCUT2D eigenvalue weighted by atomic mass is 16.5. The van der Waals surface area contributed by atoms with Gasteiger partial charge in [0.1, 0.15) is 11.5 Å². The van der Waals surface area contributed by atoms with Crippen LogP contribution in [-0.2, 0) is 4.79 Å². The molecule has 0 amide bonds. The van der Waals surface area contributed by atoms with Gasteiger partial charge in [-0.05, 0) is 62.1 Å². The van der Waals surface area contributed by atoms with Crippen molar-refractivity contribution < 1.29 is 28.5 Å². The molecule has 3 heterocycles. The Bertz CT molecular complexity index is 1330. The first-order chi connectivity index (χ1) is 16.3. The van der Waals surface area contributed by atoms with E-state index in [4.69, 9.17) is 23.7 Å². The third-order valence-electron chi connectivity index (χ3n) is 4.76. The molecule has 0 fully saturated rings. The molecule has 34 heavy (non-hydrogen) atoms. The second-order valence-electron chi connectivity index (χ2n) is 7.75. The predicted octanol–water partition coefficient (Wildman–Crippen LogP) is 4.65. The molecule has 1 aromatic carbocycles. The lowest BCUT2D eigenvalue weighted by molar-refractivity contribution is -0.139. The number of hydrogen-bond acceptors (Lipinski definition) is 9. The van der Waals surface area contributed by atoms with E-state index in [1.54, 1.807) is 12.4 Å². The fourth-order valence-corrected chi connectivity index (χ4v) is 3.37. The summed E-state index contributed by atoms with van der Waals surface area (Å²) in [5, 5.41) is 8.90. The van der Waals surface area contributed by atoms with Crippen molar-refractivity contribution in [1.82, 2.24) is 19.9 Å². The van der Waals surface area contributed by atoms with Crippen LogP contribution in [0, 0.1) is 20.8 Å². The number of carboxylic acid groups (broad SMARTS) is 1. The van der Waals surface area contributed by atoms with E-state index in [2.05, 4.69) is 19.9 Å². The largest absolute Gasteiger partial charge is 0.481 e. The van der Waals surface area contributed by atoms with Crippen LogP contribution in [0.5, 0.6) is 23.4 Å². The Morgan fingerprint density at radius 3 is 2.47 bits per heavy atom. The van der Waals surface area contributed by atoms with Gasteiger partial charge < -0.3 is 23.7 Å². The molecule has 176 valence electrons. The number of pyridine rings is 1. The van der Waals surface area contributed by atoms with E-state index < -0.39 is 12.6 Å². The molecule has 0 unspecified atom stereocenters. The van der Waals surface area contributed by atoms with Crippen LogP contribution in [0.4, 0.5) is 0 Å². The number of rotatable bonds is 9. The number of aliphatic carboxylic acids is 1. The van der Waals surface area contributed by atoms with Crippen molar-refractivity contribution in [3.8, 4) is 34.8 Å². The number of carboxylic acids is 1. The normalized spacial score (nSPS) is 10.9. The first-order valence-electron chi connectivity index (χ1n) is 10.7. The summed E-state index contributed by atoms with van der Waals surface area (Å²) in [7, 11) is 0.